The van der Waals surface area contributed by atoms with E-state index in [-0.39, 0.29) is 5.97 Å². The molecule has 0 heterocycles. The number of hydrogen-bond donors (Lipinski definition) is 1. The minimum atomic E-state index is -0.833. The SMILES string of the molecule is CC(=O)O.CC(=O)OCCC1=CC[C@H]2C[C@@H]1C2(C)C. The summed E-state index contributed by atoms with van der Waals surface area (Å²) in [6.45, 7) is 7.84. The van der Waals surface area contributed by atoms with Crippen LogP contribution in [0.25, 0.3) is 0 Å². The minimum absolute atomic E-state index is 0.169. The molecule has 4 nitrogen and oxygen atoms in total. The highest BCUT2D eigenvalue weighted by atomic mass is 16.5. The molecule has 4 heteroatoms. The van der Waals surface area contributed by atoms with Gasteiger partial charge in [0, 0.05) is 20.3 Å². The minimum Gasteiger partial charge on any atom is -0.481 e. The van der Waals surface area contributed by atoms with Crippen molar-refractivity contribution in [3.63, 3.8) is 0 Å². The molecule has 0 saturated heterocycles. The lowest BCUT2D eigenvalue weighted by molar-refractivity contribution is -0.141. The molecule has 0 spiro atoms. The third kappa shape index (κ3) is 4.08. The lowest BCUT2D eigenvalue weighted by Gasteiger charge is -2.56. The van der Waals surface area contributed by atoms with Crippen LogP contribution in [0.15, 0.2) is 11.6 Å². The maximum atomic E-state index is 10.7. The van der Waals surface area contributed by atoms with E-state index in [0.29, 0.717) is 12.0 Å². The molecule has 0 aromatic carbocycles. The van der Waals surface area contributed by atoms with Crippen LogP contribution in [0.5, 0.6) is 0 Å². The van der Waals surface area contributed by atoms with Crippen LogP contribution in [-0.4, -0.2) is 23.7 Å². The first-order valence-electron chi connectivity index (χ1n) is 6.77. The first kappa shape index (κ1) is 15.7. The standard InChI is InChI=1S/C13H20O2.C2H4O2/c1-9(14)15-7-6-10-4-5-11-8-12(10)13(11,2)3;1-2(3)4/h4,11-12H,5-8H2,1-3H3;1H3,(H,3,4)/t11-,12-;/m0./s1. The molecule has 0 amide bonds. The fourth-order valence-corrected chi connectivity index (χ4v) is 3.07. The second-order valence-electron chi connectivity index (χ2n) is 5.93. The van der Waals surface area contributed by atoms with Gasteiger partial charge in [-0.1, -0.05) is 25.5 Å². The molecule has 3 aliphatic rings. The quantitative estimate of drug-likeness (QED) is 0.631. The summed E-state index contributed by atoms with van der Waals surface area (Å²) in [7, 11) is 0. The third-order valence-corrected chi connectivity index (χ3v) is 4.28. The van der Waals surface area contributed by atoms with Crippen molar-refractivity contribution in [2.45, 2.75) is 47.0 Å². The summed E-state index contributed by atoms with van der Waals surface area (Å²) in [5.74, 6) is 0.629. The van der Waals surface area contributed by atoms with Crippen molar-refractivity contribution in [3.8, 4) is 0 Å². The summed E-state index contributed by atoms with van der Waals surface area (Å²) in [6, 6.07) is 0. The predicted molar refractivity (Wildman–Crippen MR) is 72.6 cm³/mol. The van der Waals surface area contributed by atoms with Crippen molar-refractivity contribution in [2.24, 2.45) is 17.3 Å². The molecule has 3 rings (SSSR count). The van der Waals surface area contributed by atoms with Gasteiger partial charge >= 0.3 is 5.97 Å². The Balaban J connectivity index is 0.000000399. The molecule has 19 heavy (non-hydrogen) atoms. The maximum Gasteiger partial charge on any atom is 0.302 e. The summed E-state index contributed by atoms with van der Waals surface area (Å²) in [4.78, 5) is 19.7. The van der Waals surface area contributed by atoms with Gasteiger partial charge in [-0.2, -0.15) is 0 Å². The van der Waals surface area contributed by atoms with Gasteiger partial charge in [0.2, 0.25) is 0 Å². The molecule has 0 aliphatic heterocycles. The van der Waals surface area contributed by atoms with E-state index in [0.717, 1.165) is 25.2 Å². The van der Waals surface area contributed by atoms with Crippen molar-refractivity contribution in [3.05, 3.63) is 11.6 Å². The van der Waals surface area contributed by atoms with Gasteiger partial charge in [-0.05, 0) is 30.1 Å². The van der Waals surface area contributed by atoms with Gasteiger partial charge in [0.15, 0.2) is 0 Å². The summed E-state index contributed by atoms with van der Waals surface area (Å²) in [6.07, 6.45) is 5.87. The number of aliphatic carboxylic acids is 1. The van der Waals surface area contributed by atoms with E-state index in [2.05, 4.69) is 19.9 Å². The average molecular weight is 268 g/mol. The number of carboxylic acids is 1. The molecule has 0 unspecified atom stereocenters. The summed E-state index contributed by atoms with van der Waals surface area (Å²) in [5, 5.41) is 7.42. The molecule has 1 fully saturated rings. The lowest BCUT2D eigenvalue weighted by atomic mass is 9.48. The Morgan fingerprint density at radius 2 is 2.00 bits per heavy atom. The Hall–Kier alpha value is -1.32. The van der Waals surface area contributed by atoms with E-state index < -0.39 is 5.97 Å². The van der Waals surface area contributed by atoms with Crippen LogP contribution >= 0.6 is 0 Å². The number of hydrogen-bond acceptors (Lipinski definition) is 3. The molecule has 0 aromatic rings. The van der Waals surface area contributed by atoms with Crippen molar-refractivity contribution in [1.29, 1.82) is 0 Å². The van der Waals surface area contributed by atoms with Gasteiger partial charge in [-0.3, -0.25) is 9.59 Å². The van der Waals surface area contributed by atoms with Crippen LogP contribution in [0.1, 0.15) is 47.0 Å². The van der Waals surface area contributed by atoms with E-state index in [1.165, 1.54) is 25.3 Å². The first-order valence-corrected chi connectivity index (χ1v) is 6.77. The Morgan fingerprint density at radius 3 is 2.42 bits per heavy atom. The van der Waals surface area contributed by atoms with Crippen LogP contribution in [0.2, 0.25) is 0 Å². The van der Waals surface area contributed by atoms with Crippen molar-refractivity contribution >= 4 is 11.9 Å². The number of rotatable bonds is 3. The summed E-state index contributed by atoms with van der Waals surface area (Å²) in [5.41, 5.74) is 2.00. The molecule has 1 saturated carbocycles. The van der Waals surface area contributed by atoms with Gasteiger partial charge in [0.1, 0.15) is 0 Å². The number of allylic oxidation sites excluding steroid dienone is 1. The molecule has 0 radical (unpaired) electrons. The number of carbonyl (C=O) groups is 2. The second-order valence-corrected chi connectivity index (χ2v) is 5.93. The van der Waals surface area contributed by atoms with E-state index in [9.17, 15) is 4.79 Å². The second kappa shape index (κ2) is 6.22. The molecule has 0 aromatic heterocycles. The Bertz CT molecular complexity index is 378. The van der Waals surface area contributed by atoms with Gasteiger partial charge in [0.25, 0.3) is 5.97 Å². The number of esters is 1. The monoisotopic (exact) mass is 268 g/mol. The maximum absolute atomic E-state index is 10.7. The van der Waals surface area contributed by atoms with E-state index >= 15 is 0 Å². The van der Waals surface area contributed by atoms with Gasteiger partial charge < -0.3 is 9.84 Å². The van der Waals surface area contributed by atoms with Crippen molar-refractivity contribution in [1.82, 2.24) is 0 Å². The van der Waals surface area contributed by atoms with Gasteiger partial charge in [0.05, 0.1) is 6.61 Å². The first-order chi connectivity index (χ1) is 8.75. The van der Waals surface area contributed by atoms with Crippen LogP contribution in [-0.2, 0) is 14.3 Å². The smallest absolute Gasteiger partial charge is 0.302 e. The van der Waals surface area contributed by atoms with Gasteiger partial charge in [-0.25, -0.2) is 0 Å². The average Bonchev–Trinajstić information content (AvgIpc) is 2.27. The van der Waals surface area contributed by atoms with Crippen LogP contribution < -0.4 is 0 Å². The molecule has 2 atom stereocenters. The van der Waals surface area contributed by atoms with Crippen LogP contribution in [0.3, 0.4) is 0 Å². The highest BCUT2D eigenvalue weighted by molar-refractivity contribution is 5.65. The largest absolute Gasteiger partial charge is 0.481 e. The van der Waals surface area contributed by atoms with Gasteiger partial charge in [-0.15, -0.1) is 0 Å². The Labute approximate surface area is 114 Å². The summed E-state index contributed by atoms with van der Waals surface area (Å²) < 4.78 is 5.00. The molecule has 108 valence electrons. The molecule has 2 bridgehead atoms. The fraction of sp³-hybridized carbons (Fsp3) is 0.733. The zero-order valence-electron chi connectivity index (χ0n) is 12.2. The molecular formula is C15H24O4. The summed E-state index contributed by atoms with van der Waals surface area (Å²) >= 11 is 0. The Kier molecular flexibility index (Phi) is 5.15. The zero-order chi connectivity index (χ0) is 14.6. The third-order valence-electron chi connectivity index (χ3n) is 4.28. The lowest BCUT2D eigenvalue weighted by Crippen LogP contribution is -2.48. The zero-order valence-corrected chi connectivity index (χ0v) is 12.2. The van der Waals surface area contributed by atoms with Crippen molar-refractivity contribution < 1.29 is 19.4 Å². The molecule has 1 N–H and O–H groups in total. The number of ether oxygens (including phenoxy) is 1. The molecular weight excluding hydrogens is 244 g/mol. The highest BCUT2D eigenvalue weighted by Crippen LogP contribution is 2.59. The fourth-order valence-electron chi connectivity index (χ4n) is 3.07. The van der Waals surface area contributed by atoms with E-state index in [4.69, 9.17) is 14.6 Å². The highest BCUT2D eigenvalue weighted by Gasteiger charge is 2.50. The number of carbonyl (C=O) groups excluding carboxylic acids is 1. The van der Waals surface area contributed by atoms with Crippen molar-refractivity contribution in [2.75, 3.05) is 6.61 Å². The van der Waals surface area contributed by atoms with Crippen LogP contribution in [0.4, 0.5) is 0 Å². The number of carboxylic acid groups (broad SMARTS) is 1. The predicted octanol–water partition coefficient (Wildman–Crippen LogP) is 3.02. The molecule has 3 aliphatic carbocycles. The normalized spacial score (nSPS) is 26.2. The Morgan fingerprint density at radius 1 is 1.42 bits per heavy atom. The topological polar surface area (TPSA) is 63.6 Å². The van der Waals surface area contributed by atoms with E-state index in [1.807, 2.05) is 0 Å². The van der Waals surface area contributed by atoms with E-state index in [1.54, 1.807) is 0 Å². The number of fused-ring (bicyclic) bond motifs is 1. The van der Waals surface area contributed by atoms with Crippen LogP contribution in [0, 0.1) is 17.3 Å².